The number of carbonyl (C=O) groups excluding carboxylic acids is 1. The first-order chi connectivity index (χ1) is 6.18. The first-order valence-electron chi connectivity index (χ1n) is 4.36. The second kappa shape index (κ2) is 2.76. The first kappa shape index (κ1) is 8.10. The number of aryl methyl sites for hydroxylation is 1. The molecule has 1 aliphatic heterocycles. The molecule has 1 aromatic carbocycles. The van der Waals surface area contributed by atoms with E-state index in [1.807, 2.05) is 19.1 Å². The van der Waals surface area contributed by atoms with Crippen molar-refractivity contribution in [2.75, 3.05) is 11.1 Å². The predicted molar refractivity (Wildman–Crippen MR) is 52.5 cm³/mol. The molecule has 0 fully saturated rings. The van der Waals surface area contributed by atoms with Gasteiger partial charge in [0.2, 0.25) is 5.91 Å². The zero-order valence-electron chi connectivity index (χ0n) is 7.55. The Labute approximate surface area is 76.9 Å². The van der Waals surface area contributed by atoms with E-state index in [4.69, 9.17) is 5.73 Å². The maximum absolute atomic E-state index is 11.1. The molecular formula is C10H12N2O. The van der Waals surface area contributed by atoms with Gasteiger partial charge in [0.25, 0.3) is 0 Å². The Morgan fingerprint density at radius 3 is 2.92 bits per heavy atom. The van der Waals surface area contributed by atoms with E-state index in [0.717, 1.165) is 28.9 Å². The minimum absolute atomic E-state index is 0.0844. The number of anilines is 2. The van der Waals surface area contributed by atoms with Gasteiger partial charge in [-0.1, -0.05) is 6.07 Å². The summed E-state index contributed by atoms with van der Waals surface area (Å²) in [6, 6.07) is 3.82. The third-order valence-electron chi connectivity index (χ3n) is 2.42. The number of fused-ring (bicyclic) bond motifs is 1. The van der Waals surface area contributed by atoms with E-state index < -0.39 is 0 Å². The molecule has 68 valence electrons. The van der Waals surface area contributed by atoms with Gasteiger partial charge in [-0.15, -0.1) is 0 Å². The van der Waals surface area contributed by atoms with Crippen LogP contribution in [0.2, 0.25) is 0 Å². The highest BCUT2D eigenvalue weighted by Gasteiger charge is 2.17. The molecule has 1 aromatic rings. The topological polar surface area (TPSA) is 55.1 Å². The van der Waals surface area contributed by atoms with Crippen LogP contribution in [0.25, 0.3) is 0 Å². The van der Waals surface area contributed by atoms with Crippen LogP contribution in [0.5, 0.6) is 0 Å². The number of rotatable bonds is 0. The summed E-state index contributed by atoms with van der Waals surface area (Å²) >= 11 is 0. The zero-order valence-corrected chi connectivity index (χ0v) is 7.55. The molecule has 2 rings (SSSR count). The molecule has 0 aliphatic carbocycles. The quantitative estimate of drug-likeness (QED) is 0.588. The van der Waals surface area contributed by atoms with Gasteiger partial charge in [0.05, 0.1) is 0 Å². The van der Waals surface area contributed by atoms with Crippen LogP contribution in [0.3, 0.4) is 0 Å². The molecule has 1 heterocycles. The molecule has 0 spiro atoms. The fourth-order valence-corrected chi connectivity index (χ4v) is 1.66. The van der Waals surface area contributed by atoms with Crippen molar-refractivity contribution < 1.29 is 4.79 Å². The number of amides is 1. The lowest BCUT2D eigenvalue weighted by atomic mass is 9.98. The van der Waals surface area contributed by atoms with Gasteiger partial charge < -0.3 is 11.1 Å². The van der Waals surface area contributed by atoms with Crippen molar-refractivity contribution in [2.45, 2.75) is 19.8 Å². The number of nitrogens with two attached hydrogens (primary N) is 1. The Bertz CT molecular complexity index is 371. The van der Waals surface area contributed by atoms with Crippen LogP contribution in [0, 0.1) is 6.92 Å². The van der Waals surface area contributed by atoms with Crippen molar-refractivity contribution in [3.05, 3.63) is 23.3 Å². The highest BCUT2D eigenvalue weighted by atomic mass is 16.1. The molecule has 0 radical (unpaired) electrons. The van der Waals surface area contributed by atoms with Crippen molar-refractivity contribution in [1.29, 1.82) is 0 Å². The average Bonchev–Trinajstić information content (AvgIpc) is 2.12. The van der Waals surface area contributed by atoms with Crippen LogP contribution in [0.1, 0.15) is 17.5 Å². The third-order valence-corrected chi connectivity index (χ3v) is 2.42. The minimum Gasteiger partial charge on any atom is -0.398 e. The summed E-state index contributed by atoms with van der Waals surface area (Å²) in [5.74, 6) is 0.0844. The fraction of sp³-hybridized carbons (Fsp3) is 0.300. The van der Waals surface area contributed by atoms with Crippen molar-refractivity contribution in [3.8, 4) is 0 Å². The Hall–Kier alpha value is -1.51. The molecule has 0 aromatic heterocycles. The van der Waals surface area contributed by atoms with Crippen molar-refractivity contribution in [2.24, 2.45) is 0 Å². The standard InChI is InChI=1S/C10H12N2O/c1-6-2-4-8(11)7-3-5-9(13)12-10(6)7/h2,4H,3,5,11H2,1H3,(H,12,13). The van der Waals surface area contributed by atoms with Gasteiger partial charge in [0, 0.05) is 17.8 Å². The van der Waals surface area contributed by atoms with E-state index in [2.05, 4.69) is 5.32 Å². The lowest BCUT2D eigenvalue weighted by Crippen LogP contribution is -2.20. The molecular weight excluding hydrogens is 164 g/mol. The van der Waals surface area contributed by atoms with Crippen molar-refractivity contribution >= 4 is 17.3 Å². The van der Waals surface area contributed by atoms with Gasteiger partial charge in [-0.25, -0.2) is 0 Å². The van der Waals surface area contributed by atoms with Gasteiger partial charge in [-0.2, -0.15) is 0 Å². The highest BCUT2D eigenvalue weighted by Crippen LogP contribution is 2.30. The van der Waals surface area contributed by atoms with Crippen LogP contribution < -0.4 is 11.1 Å². The van der Waals surface area contributed by atoms with E-state index in [0.29, 0.717) is 6.42 Å². The zero-order chi connectivity index (χ0) is 9.42. The maximum atomic E-state index is 11.1. The maximum Gasteiger partial charge on any atom is 0.224 e. The predicted octanol–water partition coefficient (Wildman–Crippen LogP) is 1.46. The average molecular weight is 176 g/mol. The Morgan fingerprint density at radius 1 is 1.38 bits per heavy atom. The first-order valence-corrected chi connectivity index (χ1v) is 4.36. The Balaban J connectivity index is 2.57. The van der Waals surface area contributed by atoms with Crippen molar-refractivity contribution in [1.82, 2.24) is 0 Å². The van der Waals surface area contributed by atoms with Gasteiger partial charge in [0.1, 0.15) is 0 Å². The van der Waals surface area contributed by atoms with Crippen LogP contribution in [-0.4, -0.2) is 5.91 Å². The minimum atomic E-state index is 0.0844. The van der Waals surface area contributed by atoms with Crippen LogP contribution in [0.4, 0.5) is 11.4 Å². The number of carbonyl (C=O) groups is 1. The SMILES string of the molecule is Cc1ccc(N)c2c1NC(=O)CC2. The molecule has 0 atom stereocenters. The van der Waals surface area contributed by atoms with Crippen LogP contribution >= 0.6 is 0 Å². The lowest BCUT2D eigenvalue weighted by molar-refractivity contribution is -0.116. The van der Waals surface area contributed by atoms with Gasteiger partial charge in [-0.3, -0.25) is 4.79 Å². The number of hydrogen-bond donors (Lipinski definition) is 2. The number of nitrogens with one attached hydrogen (secondary N) is 1. The molecule has 0 saturated heterocycles. The Morgan fingerprint density at radius 2 is 2.15 bits per heavy atom. The molecule has 0 bridgehead atoms. The second-order valence-electron chi connectivity index (χ2n) is 3.37. The largest absolute Gasteiger partial charge is 0.398 e. The van der Waals surface area contributed by atoms with Crippen LogP contribution in [0.15, 0.2) is 12.1 Å². The third kappa shape index (κ3) is 1.26. The van der Waals surface area contributed by atoms with Crippen LogP contribution in [-0.2, 0) is 11.2 Å². The van der Waals surface area contributed by atoms with Gasteiger partial charge >= 0.3 is 0 Å². The van der Waals surface area contributed by atoms with E-state index in [9.17, 15) is 4.79 Å². The summed E-state index contributed by atoms with van der Waals surface area (Å²) in [5.41, 5.74) is 9.66. The summed E-state index contributed by atoms with van der Waals surface area (Å²) in [4.78, 5) is 11.1. The number of hydrogen-bond acceptors (Lipinski definition) is 2. The fourth-order valence-electron chi connectivity index (χ4n) is 1.66. The number of nitrogen functional groups attached to an aromatic ring is 1. The lowest BCUT2D eigenvalue weighted by Gasteiger charge is -2.20. The highest BCUT2D eigenvalue weighted by molar-refractivity contribution is 5.96. The monoisotopic (exact) mass is 176 g/mol. The van der Waals surface area contributed by atoms with Crippen molar-refractivity contribution in [3.63, 3.8) is 0 Å². The summed E-state index contributed by atoms with van der Waals surface area (Å²) in [7, 11) is 0. The molecule has 0 saturated carbocycles. The summed E-state index contributed by atoms with van der Waals surface area (Å²) in [6.07, 6.45) is 1.30. The summed E-state index contributed by atoms with van der Waals surface area (Å²) in [5, 5.41) is 2.85. The molecule has 3 nitrogen and oxygen atoms in total. The Kier molecular flexibility index (Phi) is 1.72. The van der Waals surface area contributed by atoms with E-state index in [1.54, 1.807) is 0 Å². The molecule has 3 N–H and O–H groups in total. The molecule has 1 amide bonds. The second-order valence-corrected chi connectivity index (χ2v) is 3.37. The van der Waals surface area contributed by atoms with Gasteiger partial charge in [-0.05, 0) is 30.5 Å². The number of benzene rings is 1. The van der Waals surface area contributed by atoms with E-state index >= 15 is 0 Å². The normalized spacial score (nSPS) is 15.0. The smallest absolute Gasteiger partial charge is 0.224 e. The molecule has 3 heteroatoms. The van der Waals surface area contributed by atoms with E-state index in [-0.39, 0.29) is 5.91 Å². The molecule has 13 heavy (non-hydrogen) atoms. The molecule has 0 unspecified atom stereocenters. The summed E-state index contributed by atoms with van der Waals surface area (Å²) in [6.45, 7) is 1.98. The molecule has 1 aliphatic rings. The van der Waals surface area contributed by atoms with E-state index in [1.165, 1.54) is 0 Å². The summed E-state index contributed by atoms with van der Waals surface area (Å²) < 4.78 is 0. The van der Waals surface area contributed by atoms with Gasteiger partial charge in [0.15, 0.2) is 0 Å².